The Bertz CT molecular complexity index is 385. The van der Waals surface area contributed by atoms with E-state index in [4.69, 9.17) is 4.74 Å². The Labute approximate surface area is 108 Å². The van der Waals surface area contributed by atoms with E-state index in [-0.39, 0.29) is 5.97 Å². The molecule has 0 spiro atoms. The van der Waals surface area contributed by atoms with Crippen molar-refractivity contribution in [1.82, 2.24) is 0 Å². The van der Waals surface area contributed by atoms with Gasteiger partial charge in [0.1, 0.15) is 5.41 Å². The highest BCUT2D eigenvalue weighted by Crippen LogP contribution is 2.42. The molecule has 1 aromatic carbocycles. The molecule has 0 saturated carbocycles. The fourth-order valence-electron chi connectivity index (χ4n) is 1.75. The van der Waals surface area contributed by atoms with E-state index in [9.17, 15) is 4.79 Å². The van der Waals surface area contributed by atoms with Gasteiger partial charge in [-0.2, -0.15) is 11.8 Å². The number of esters is 1. The number of thioether (sulfide) groups is 1. The van der Waals surface area contributed by atoms with Crippen LogP contribution in [0.15, 0.2) is 28.7 Å². The second-order valence-corrected chi connectivity index (χ2v) is 5.70. The predicted molar refractivity (Wildman–Crippen MR) is 69.8 cm³/mol. The molecular weight excluding hydrogens is 288 g/mol. The second kappa shape index (κ2) is 4.80. The zero-order chi connectivity index (χ0) is 11.6. The van der Waals surface area contributed by atoms with Crippen LogP contribution in [-0.4, -0.2) is 24.1 Å². The molecule has 16 heavy (non-hydrogen) atoms. The first-order valence-electron chi connectivity index (χ1n) is 5.20. The summed E-state index contributed by atoms with van der Waals surface area (Å²) >= 11 is 5.18. The van der Waals surface area contributed by atoms with E-state index >= 15 is 0 Å². The summed E-state index contributed by atoms with van der Waals surface area (Å²) in [4.78, 5) is 12.0. The second-order valence-electron chi connectivity index (χ2n) is 3.80. The van der Waals surface area contributed by atoms with E-state index in [0.717, 1.165) is 21.5 Å². The van der Waals surface area contributed by atoms with Crippen molar-refractivity contribution in [2.45, 2.75) is 12.3 Å². The molecule has 0 radical (unpaired) electrons. The Hall–Kier alpha value is -0.480. The lowest BCUT2D eigenvalue weighted by molar-refractivity contribution is -0.148. The zero-order valence-corrected chi connectivity index (χ0v) is 11.4. The van der Waals surface area contributed by atoms with Crippen LogP contribution in [0.25, 0.3) is 0 Å². The van der Waals surface area contributed by atoms with E-state index in [1.165, 1.54) is 0 Å². The molecule has 1 heterocycles. The minimum Gasteiger partial charge on any atom is -0.465 e. The first kappa shape index (κ1) is 12.0. The van der Waals surface area contributed by atoms with Gasteiger partial charge in [0.15, 0.2) is 0 Å². The smallest absolute Gasteiger partial charge is 0.318 e. The fourth-order valence-corrected chi connectivity index (χ4v) is 3.19. The lowest BCUT2D eigenvalue weighted by atomic mass is 9.83. The normalized spacial score (nSPS) is 17.6. The summed E-state index contributed by atoms with van der Waals surface area (Å²) < 4.78 is 6.20. The van der Waals surface area contributed by atoms with Crippen molar-refractivity contribution in [1.29, 1.82) is 0 Å². The molecule has 0 bridgehead atoms. The fraction of sp³-hybridized carbons (Fsp3) is 0.417. The Morgan fingerprint density at radius 3 is 2.50 bits per heavy atom. The molecule has 0 aliphatic carbocycles. The summed E-state index contributed by atoms with van der Waals surface area (Å²) in [5.74, 6) is 1.57. The highest BCUT2D eigenvalue weighted by atomic mass is 79.9. The summed E-state index contributed by atoms with van der Waals surface area (Å²) in [6.07, 6.45) is 0. The topological polar surface area (TPSA) is 26.3 Å². The number of ether oxygens (including phenoxy) is 1. The number of hydrogen-bond acceptors (Lipinski definition) is 3. The van der Waals surface area contributed by atoms with Crippen LogP contribution in [0.2, 0.25) is 0 Å². The summed E-state index contributed by atoms with van der Waals surface area (Å²) in [5.41, 5.74) is 0.661. The van der Waals surface area contributed by atoms with E-state index in [1.807, 2.05) is 31.2 Å². The number of halogens is 1. The van der Waals surface area contributed by atoms with Gasteiger partial charge in [-0.1, -0.05) is 28.1 Å². The van der Waals surface area contributed by atoms with Crippen molar-refractivity contribution in [2.24, 2.45) is 0 Å². The van der Waals surface area contributed by atoms with Gasteiger partial charge in [-0.05, 0) is 24.6 Å². The lowest BCUT2D eigenvalue weighted by Gasteiger charge is -2.38. The van der Waals surface area contributed by atoms with Crippen molar-refractivity contribution in [3.63, 3.8) is 0 Å². The minimum absolute atomic E-state index is 0.0870. The first-order chi connectivity index (χ1) is 7.69. The molecule has 86 valence electrons. The predicted octanol–water partition coefficient (Wildman–Crippen LogP) is 3.00. The summed E-state index contributed by atoms with van der Waals surface area (Å²) in [5, 5.41) is 0. The molecule has 1 saturated heterocycles. The largest absolute Gasteiger partial charge is 0.465 e. The molecule has 2 nitrogen and oxygen atoms in total. The van der Waals surface area contributed by atoms with Crippen molar-refractivity contribution in [3.8, 4) is 0 Å². The Morgan fingerprint density at radius 2 is 2.06 bits per heavy atom. The lowest BCUT2D eigenvalue weighted by Crippen LogP contribution is -2.48. The van der Waals surface area contributed by atoms with Gasteiger partial charge in [0.2, 0.25) is 0 Å². The minimum atomic E-state index is -0.401. The first-order valence-corrected chi connectivity index (χ1v) is 7.15. The molecule has 0 aromatic heterocycles. The highest BCUT2D eigenvalue weighted by molar-refractivity contribution is 9.10. The summed E-state index contributed by atoms with van der Waals surface area (Å²) in [6, 6.07) is 7.94. The van der Waals surface area contributed by atoms with Gasteiger partial charge in [-0.3, -0.25) is 4.79 Å². The standard InChI is InChI=1S/C12H13BrO2S/c1-2-15-11(14)12(7-16-8-12)9-3-5-10(13)6-4-9/h3-6H,2,7-8H2,1H3. The third-order valence-electron chi connectivity index (χ3n) is 2.76. The number of hydrogen-bond donors (Lipinski definition) is 0. The highest BCUT2D eigenvalue weighted by Gasteiger charge is 2.47. The van der Waals surface area contributed by atoms with Gasteiger partial charge in [0.05, 0.1) is 6.61 Å². The molecular formula is C12H13BrO2S. The van der Waals surface area contributed by atoms with Crippen LogP contribution in [0.3, 0.4) is 0 Å². The SMILES string of the molecule is CCOC(=O)C1(c2ccc(Br)cc2)CSC1. The third-order valence-corrected chi connectivity index (χ3v) is 4.68. The molecule has 1 aliphatic rings. The number of carbonyl (C=O) groups excluding carboxylic acids is 1. The molecule has 0 unspecified atom stereocenters. The van der Waals surface area contributed by atoms with Crippen LogP contribution in [0.1, 0.15) is 12.5 Å². The van der Waals surface area contributed by atoms with Crippen LogP contribution in [0, 0.1) is 0 Å². The maximum Gasteiger partial charge on any atom is 0.318 e. The molecule has 0 atom stereocenters. The van der Waals surface area contributed by atoms with Crippen LogP contribution in [-0.2, 0) is 14.9 Å². The van der Waals surface area contributed by atoms with Crippen molar-refractivity contribution in [3.05, 3.63) is 34.3 Å². The van der Waals surface area contributed by atoms with Gasteiger partial charge < -0.3 is 4.74 Å². The third kappa shape index (κ3) is 2.00. The maximum absolute atomic E-state index is 12.0. The number of benzene rings is 1. The van der Waals surface area contributed by atoms with Crippen LogP contribution >= 0.6 is 27.7 Å². The van der Waals surface area contributed by atoms with E-state index in [0.29, 0.717) is 6.61 Å². The molecule has 1 aromatic rings. The monoisotopic (exact) mass is 300 g/mol. The van der Waals surface area contributed by atoms with Crippen molar-refractivity contribution in [2.75, 3.05) is 18.1 Å². The van der Waals surface area contributed by atoms with E-state index < -0.39 is 5.41 Å². The van der Waals surface area contributed by atoms with E-state index in [2.05, 4.69) is 15.9 Å². The Balaban J connectivity index is 2.27. The number of rotatable bonds is 3. The quantitative estimate of drug-likeness (QED) is 0.803. The van der Waals surface area contributed by atoms with Crippen LogP contribution < -0.4 is 0 Å². The Kier molecular flexibility index (Phi) is 3.60. The van der Waals surface area contributed by atoms with Crippen molar-refractivity contribution >= 4 is 33.7 Å². The van der Waals surface area contributed by atoms with Gasteiger partial charge in [-0.25, -0.2) is 0 Å². The summed E-state index contributed by atoms with van der Waals surface area (Å²) in [6.45, 7) is 2.29. The molecule has 1 aliphatic heterocycles. The maximum atomic E-state index is 12.0. The van der Waals surface area contributed by atoms with E-state index in [1.54, 1.807) is 11.8 Å². The average molecular weight is 301 g/mol. The van der Waals surface area contributed by atoms with Crippen molar-refractivity contribution < 1.29 is 9.53 Å². The van der Waals surface area contributed by atoms with Gasteiger partial charge in [0, 0.05) is 16.0 Å². The molecule has 1 fully saturated rings. The molecule has 0 N–H and O–H groups in total. The van der Waals surface area contributed by atoms with Crippen LogP contribution in [0.5, 0.6) is 0 Å². The van der Waals surface area contributed by atoms with Gasteiger partial charge in [0.25, 0.3) is 0 Å². The molecule has 4 heteroatoms. The van der Waals surface area contributed by atoms with Gasteiger partial charge >= 0.3 is 5.97 Å². The molecule has 0 amide bonds. The van der Waals surface area contributed by atoms with Gasteiger partial charge in [-0.15, -0.1) is 0 Å². The Morgan fingerprint density at radius 1 is 1.44 bits per heavy atom. The number of carbonyl (C=O) groups is 1. The average Bonchev–Trinajstić information content (AvgIpc) is 2.19. The van der Waals surface area contributed by atoms with Crippen LogP contribution in [0.4, 0.5) is 0 Å². The summed E-state index contributed by atoms with van der Waals surface area (Å²) in [7, 11) is 0. The molecule has 2 rings (SSSR count). The zero-order valence-electron chi connectivity index (χ0n) is 9.03.